The number of amides is 1. The fraction of sp³-hybridized carbons (Fsp3) is 0.174. The molecule has 7 heteroatoms. The zero-order chi connectivity index (χ0) is 21.3. The summed E-state index contributed by atoms with van der Waals surface area (Å²) in [5.41, 5.74) is 2.68. The van der Waals surface area contributed by atoms with E-state index >= 15 is 0 Å². The van der Waals surface area contributed by atoms with E-state index in [2.05, 4.69) is 16.4 Å². The lowest BCUT2D eigenvalue weighted by atomic mass is 10.2. The number of hydrogen-bond acceptors (Lipinski definition) is 6. The van der Waals surface area contributed by atoms with Crippen molar-refractivity contribution in [3.63, 3.8) is 0 Å². The minimum atomic E-state index is -0.315. The van der Waals surface area contributed by atoms with Crippen molar-refractivity contribution in [3.05, 3.63) is 75.7 Å². The molecule has 0 bridgehead atoms. The molecule has 1 heterocycles. The number of anilines is 1. The molecule has 0 aliphatic rings. The normalized spacial score (nSPS) is 10.6. The zero-order valence-corrected chi connectivity index (χ0v) is 17.5. The first kappa shape index (κ1) is 21.1. The molecule has 0 radical (unpaired) electrons. The van der Waals surface area contributed by atoms with Crippen molar-refractivity contribution >= 4 is 29.0 Å². The molecular formula is C23H21N3O3S. The minimum absolute atomic E-state index is 0.315. The van der Waals surface area contributed by atoms with Gasteiger partial charge < -0.3 is 14.8 Å². The van der Waals surface area contributed by atoms with Gasteiger partial charge in [-0.25, -0.2) is 4.98 Å². The first-order chi connectivity index (χ1) is 14.6. The molecule has 0 saturated carbocycles. The van der Waals surface area contributed by atoms with Crippen molar-refractivity contribution in [1.82, 2.24) is 4.98 Å². The second kappa shape index (κ2) is 10.2. The molecule has 3 aromatic rings. The molecule has 0 aliphatic heterocycles. The molecule has 0 spiro atoms. The van der Waals surface area contributed by atoms with Gasteiger partial charge in [0.2, 0.25) is 5.91 Å². The summed E-state index contributed by atoms with van der Waals surface area (Å²) in [6.45, 7) is 4.70. The summed E-state index contributed by atoms with van der Waals surface area (Å²) in [4.78, 5) is 16.7. The van der Waals surface area contributed by atoms with Crippen LogP contribution in [0.1, 0.15) is 28.8 Å². The maximum absolute atomic E-state index is 12.3. The van der Waals surface area contributed by atoms with Gasteiger partial charge in [0, 0.05) is 11.5 Å². The Morgan fingerprint density at radius 2 is 2.03 bits per heavy atom. The fourth-order valence-corrected chi connectivity index (χ4v) is 3.23. The Labute approximate surface area is 179 Å². The molecule has 0 atom stereocenters. The molecule has 1 amide bonds. The Kier molecular flexibility index (Phi) is 7.19. The number of aromatic nitrogens is 1. The maximum atomic E-state index is 12.3. The summed E-state index contributed by atoms with van der Waals surface area (Å²) in [5, 5.41) is 14.8. The van der Waals surface area contributed by atoms with E-state index in [4.69, 9.17) is 14.7 Å². The lowest BCUT2D eigenvalue weighted by Crippen LogP contribution is -2.09. The van der Waals surface area contributed by atoms with Crippen molar-refractivity contribution in [2.45, 2.75) is 20.5 Å². The van der Waals surface area contributed by atoms with E-state index in [0.717, 1.165) is 22.0 Å². The van der Waals surface area contributed by atoms with E-state index in [1.165, 1.54) is 6.08 Å². The van der Waals surface area contributed by atoms with E-state index in [-0.39, 0.29) is 5.91 Å². The number of thiazole rings is 1. The van der Waals surface area contributed by atoms with Crippen molar-refractivity contribution in [2.24, 2.45) is 0 Å². The third-order valence-electron chi connectivity index (χ3n) is 4.03. The highest BCUT2D eigenvalue weighted by Gasteiger charge is 2.07. The number of nitrogens with one attached hydrogen (secondary N) is 1. The van der Waals surface area contributed by atoms with Crippen LogP contribution in [-0.2, 0) is 11.4 Å². The number of nitriles is 1. The molecule has 3 rings (SSSR count). The SMILES string of the molecule is CCOc1ccc(C#N)cc1NC(=O)/C=C/c1ccc(OCc2csc(C)n2)cc1. The molecule has 6 nitrogen and oxygen atoms in total. The minimum Gasteiger partial charge on any atom is -0.492 e. The summed E-state index contributed by atoms with van der Waals surface area (Å²) in [6.07, 6.45) is 3.14. The van der Waals surface area contributed by atoms with Gasteiger partial charge in [-0.2, -0.15) is 5.26 Å². The van der Waals surface area contributed by atoms with E-state index < -0.39 is 0 Å². The highest BCUT2D eigenvalue weighted by Crippen LogP contribution is 2.26. The molecule has 0 aliphatic carbocycles. The average Bonchev–Trinajstić information content (AvgIpc) is 3.18. The maximum Gasteiger partial charge on any atom is 0.248 e. The Morgan fingerprint density at radius 3 is 2.70 bits per heavy atom. The Bertz CT molecular complexity index is 1080. The Morgan fingerprint density at radius 1 is 1.23 bits per heavy atom. The van der Waals surface area contributed by atoms with Gasteiger partial charge in [-0.05, 0) is 55.8 Å². The quantitative estimate of drug-likeness (QED) is 0.522. The van der Waals surface area contributed by atoms with Gasteiger partial charge in [-0.15, -0.1) is 11.3 Å². The number of nitrogens with zero attached hydrogens (tertiary/aromatic N) is 2. The fourth-order valence-electron chi connectivity index (χ4n) is 2.63. The average molecular weight is 420 g/mol. The van der Waals surface area contributed by atoms with Gasteiger partial charge in [0.05, 0.1) is 34.6 Å². The molecular weight excluding hydrogens is 398 g/mol. The van der Waals surface area contributed by atoms with Gasteiger partial charge in [0.25, 0.3) is 0 Å². The van der Waals surface area contributed by atoms with Crippen molar-refractivity contribution in [2.75, 3.05) is 11.9 Å². The number of hydrogen-bond donors (Lipinski definition) is 1. The number of benzene rings is 2. The van der Waals surface area contributed by atoms with Gasteiger partial charge in [-0.3, -0.25) is 4.79 Å². The molecule has 0 fully saturated rings. The van der Waals surface area contributed by atoms with Crippen molar-refractivity contribution in [3.8, 4) is 17.6 Å². The second-order valence-electron chi connectivity index (χ2n) is 6.29. The first-order valence-corrected chi connectivity index (χ1v) is 10.2. The summed E-state index contributed by atoms with van der Waals surface area (Å²) < 4.78 is 11.2. The van der Waals surface area contributed by atoms with Crippen LogP contribution in [0.15, 0.2) is 53.9 Å². The monoisotopic (exact) mass is 419 g/mol. The number of rotatable bonds is 8. The topological polar surface area (TPSA) is 84.2 Å². The summed E-state index contributed by atoms with van der Waals surface area (Å²) in [6, 6.07) is 14.4. The van der Waals surface area contributed by atoms with Crippen LogP contribution >= 0.6 is 11.3 Å². The van der Waals surface area contributed by atoms with Gasteiger partial charge in [0.1, 0.15) is 18.1 Å². The summed E-state index contributed by atoms with van der Waals surface area (Å²) >= 11 is 1.60. The van der Waals surface area contributed by atoms with Crippen LogP contribution in [0.4, 0.5) is 5.69 Å². The largest absolute Gasteiger partial charge is 0.492 e. The number of ether oxygens (including phenoxy) is 2. The molecule has 30 heavy (non-hydrogen) atoms. The van der Waals surface area contributed by atoms with Gasteiger partial charge in [-0.1, -0.05) is 12.1 Å². The van der Waals surface area contributed by atoms with E-state index in [1.54, 1.807) is 35.6 Å². The molecule has 0 unspecified atom stereocenters. The van der Waals surface area contributed by atoms with Crippen LogP contribution in [0, 0.1) is 18.3 Å². The smallest absolute Gasteiger partial charge is 0.248 e. The predicted octanol–water partition coefficient (Wildman–Crippen LogP) is 4.95. The zero-order valence-electron chi connectivity index (χ0n) is 16.7. The third-order valence-corrected chi connectivity index (χ3v) is 4.85. The highest BCUT2D eigenvalue weighted by atomic mass is 32.1. The lowest BCUT2D eigenvalue weighted by Gasteiger charge is -2.10. The van der Waals surface area contributed by atoms with E-state index in [9.17, 15) is 4.79 Å². The standard InChI is InChI=1S/C23H21N3O3S/c1-3-28-22-10-6-18(13-24)12-21(22)26-23(27)11-7-17-4-8-20(9-5-17)29-14-19-15-30-16(2)25-19/h4-12,15H,3,14H2,1-2H3,(H,26,27)/b11-7+. The van der Waals surface area contributed by atoms with Crippen LogP contribution in [-0.4, -0.2) is 17.5 Å². The van der Waals surface area contributed by atoms with Crippen molar-refractivity contribution < 1.29 is 14.3 Å². The lowest BCUT2D eigenvalue weighted by molar-refractivity contribution is -0.111. The number of aryl methyl sites for hydroxylation is 1. The third kappa shape index (κ3) is 5.93. The van der Waals surface area contributed by atoms with Gasteiger partial charge in [0.15, 0.2) is 0 Å². The summed E-state index contributed by atoms with van der Waals surface area (Å²) in [7, 11) is 0. The van der Waals surface area contributed by atoms with Crippen LogP contribution in [0.2, 0.25) is 0 Å². The highest BCUT2D eigenvalue weighted by molar-refractivity contribution is 7.09. The van der Waals surface area contributed by atoms with Crippen molar-refractivity contribution in [1.29, 1.82) is 5.26 Å². The molecule has 152 valence electrons. The molecule has 0 saturated heterocycles. The predicted molar refractivity (Wildman–Crippen MR) is 118 cm³/mol. The van der Waals surface area contributed by atoms with E-state index in [0.29, 0.717) is 30.2 Å². The second-order valence-corrected chi connectivity index (χ2v) is 7.36. The number of carbonyl (C=O) groups is 1. The first-order valence-electron chi connectivity index (χ1n) is 9.37. The van der Waals surface area contributed by atoms with Crippen LogP contribution in [0.5, 0.6) is 11.5 Å². The number of carbonyl (C=O) groups excluding carboxylic acids is 1. The van der Waals surface area contributed by atoms with Crippen LogP contribution in [0.3, 0.4) is 0 Å². The van der Waals surface area contributed by atoms with Crippen LogP contribution < -0.4 is 14.8 Å². The molecule has 1 N–H and O–H groups in total. The summed E-state index contributed by atoms with van der Waals surface area (Å²) in [5.74, 6) is 0.942. The Hall–Kier alpha value is -3.63. The molecule has 2 aromatic carbocycles. The van der Waals surface area contributed by atoms with Crippen LogP contribution in [0.25, 0.3) is 6.08 Å². The van der Waals surface area contributed by atoms with E-state index in [1.807, 2.05) is 43.5 Å². The Balaban J connectivity index is 1.59. The molecule has 1 aromatic heterocycles. The van der Waals surface area contributed by atoms with Gasteiger partial charge >= 0.3 is 0 Å².